The fourth-order valence-electron chi connectivity index (χ4n) is 2.41. The lowest BCUT2D eigenvalue weighted by Gasteiger charge is -2.24. The van der Waals surface area contributed by atoms with E-state index in [1.54, 1.807) is 0 Å². The molecule has 0 bridgehead atoms. The Morgan fingerprint density at radius 1 is 1.43 bits per heavy atom. The molecule has 0 fully saturated rings. The van der Waals surface area contributed by atoms with Gasteiger partial charge in [-0.1, -0.05) is 37.6 Å². The van der Waals surface area contributed by atoms with E-state index in [1.807, 2.05) is 0 Å². The monoisotopic (exact) mass is 208 g/mol. The number of halogens is 1. The van der Waals surface area contributed by atoms with E-state index in [4.69, 9.17) is 11.6 Å². The highest BCUT2D eigenvalue weighted by molar-refractivity contribution is 6.32. The summed E-state index contributed by atoms with van der Waals surface area (Å²) in [7, 11) is 0. The molecule has 1 heteroatoms. The third-order valence-electron chi connectivity index (χ3n) is 3.34. The summed E-state index contributed by atoms with van der Waals surface area (Å²) in [5, 5.41) is 1.04. The molecule has 0 saturated carbocycles. The van der Waals surface area contributed by atoms with Crippen molar-refractivity contribution < 1.29 is 0 Å². The van der Waals surface area contributed by atoms with Crippen LogP contribution in [0.25, 0.3) is 0 Å². The van der Waals surface area contributed by atoms with Gasteiger partial charge in [-0.25, -0.2) is 0 Å². The lowest BCUT2D eigenvalue weighted by Crippen LogP contribution is -2.08. The van der Waals surface area contributed by atoms with Gasteiger partial charge in [0.25, 0.3) is 0 Å². The van der Waals surface area contributed by atoms with E-state index in [0.29, 0.717) is 5.92 Å². The van der Waals surface area contributed by atoms with Gasteiger partial charge in [0.2, 0.25) is 0 Å². The van der Waals surface area contributed by atoms with E-state index < -0.39 is 0 Å². The van der Waals surface area contributed by atoms with E-state index in [0.717, 1.165) is 11.4 Å². The first-order valence-corrected chi connectivity index (χ1v) is 5.92. The topological polar surface area (TPSA) is 0 Å². The number of hydrogen-bond acceptors (Lipinski definition) is 0. The summed E-state index contributed by atoms with van der Waals surface area (Å²) in [6, 6.07) is 4.48. The van der Waals surface area contributed by atoms with Crippen LogP contribution >= 0.6 is 11.6 Å². The van der Waals surface area contributed by atoms with Crippen LogP contribution < -0.4 is 0 Å². The molecule has 0 spiro atoms. The summed E-state index contributed by atoms with van der Waals surface area (Å²) in [6.07, 6.45) is 4.82. The smallest absolute Gasteiger partial charge is 0.0472 e. The quantitative estimate of drug-likeness (QED) is 0.644. The lowest BCUT2D eigenvalue weighted by molar-refractivity contribution is 0.590. The van der Waals surface area contributed by atoms with E-state index >= 15 is 0 Å². The van der Waals surface area contributed by atoms with Crippen LogP contribution in [0.3, 0.4) is 0 Å². The van der Waals surface area contributed by atoms with Gasteiger partial charge in [0.05, 0.1) is 0 Å². The SMILES string of the molecule is CCc1ccc2c(c1Cl)CCCC2C. The van der Waals surface area contributed by atoms with Gasteiger partial charge in [-0.05, 0) is 48.3 Å². The molecule has 1 aromatic rings. The minimum Gasteiger partial charge on any atom is -0.0837 e. The highest BCUT2D eigenvalue weighted by Crippen LogP contribution is 2.36. The Morgan fingerprint density at radius 2 is 2.21 bits per heavy atom. The summed E-state index contributed by atoms with van der Waals surface area (Å²) in [5.41, 5.74) is 4.21. The van der Waals surface area contributed by atoms with Crippen molar-refractivity contribution in [3.8, 4) is 0 Å². The predicted molar refractivity (Wildman–Crippen MR) is 62.2 cm³/mol. The molecule has 0 radical (unpaired) electrons. The second kappa shape index (κ2) is 3.94. The summed E-state index contributed by atoms with van der Waals surface area (Å²) in [5.74, 6) is 0.696. The molecule has 1 aliphatic carbocycles. The maximum atomic E-state index is 6.39. The average Bonchev–Trinajstić information content (AvgIpc) is 2.20. The highest BCUT2D eigenvalue weighted by Gasteiger charge is 2.19. The molecule has 1 aromatic carbocycles. The molecular formula is C13H17Cl. The Labute approximate surface area is 91.3 Å². The van der Waals surface area contributed by atoms with Crippen LogP contribution in [-0.2, 0) is 12.8 Å². The number of rotatable bonds is 1. The summed E-state index contributed by atoms with van der Waals surface area (Å²) in [4.78, 5) is 0. The summed E-state index contributed by atoms with van der Waals surface area (Å²) < 4.78 is 0. The first-order valence-electron chi connectivity index (χ1n) is 5.54. The van der Waals surface area contributed by atoms with Crippen LogP contribution in [0.5, 0.6) is 0 Å². The van der Waals surface area contributed by atoms with Crippen molar-refractivity contribution in [3.05, 3.63) is 33.8 Å². The summed E-state index contributed by atoms with van der Waals surface area (Å²) >= 11 is 6.39. The fraction of sp³-hybridized carbons (Fsp3) is 0.538. The lowest BCUT2D eigenvalue weighted by atomic mass is 9.83. The Hall–Kier alpha value is -0.490. The highest BCUT2D eigenvalue weighted by atomic mass is 35.5. The van der Waals surface area contributed by atoms with Crippen molar-refractivity contribution in [1.29, 1.82) is 0 Å². The first kappa shape index (κ1) is 10.0. The van der Waals surface area contributed by atoms with E-state index in [1.165, 1.54) is 36.0 Å². The molecule has 14 heavy (non-hydrogen) atoms. The summed E-state index contributed by atoms with van der Waals surface area (Å²) in [6.45, 7) is 4.47. The second-order valence-corrected chi connectivity index (χ2v) is 4.63. The molecule has 2 rings (SSSR count). The van der Waals surface area contributed by atoms with Gasteiger partial charge in [-0.3, -0.25) is 0 Å². The van der Waals surface area contributed by atoms with Gasteiger partial charge >= 0.3 is 0 Å². The van der Waals surface area contributed by atoms with Gasteiger partial charge in [0, 0.05) is 5.02 Å². The molecule has 0 amide bonds. The fourth-order valence-corrected chi connectivity index (χ4v) is 2.81. The zero-order valence-corrected chi connectivity index (χ0v) is 9.69. The van der Waals surface area contributed by atoms with Crippen LogP contribution in [0.15, 0.2) is 12.1 Å². The molecule has 0 N–H and O–H groups in total. The third kappa shape index (κ3) is 1.56. The maximum Gasteiger partial charge on any atom is 0.0472 e. The molecule has 0 nitrogen and oxygen atoms in total. The zero-order valence-electron chi connectivity index (χ0n) is 8.94. The Bertz CT molecular complexity index is 341. The van der Waals surface area contributed by atoms with Gasteiger partial charge in [0.1, 0.15) is 0 Å². The van der Waals surface area contributed by atoms with Gasteiger partial charge in [-0.15, -0.1) is 0 Å². The van der Waals surface area contributed by atoms with Crippen molar-refractivity contribution >= 4 is 11.6 Å². The second-order valence-electron chi connectivity index (χ2n) is 4.25. The molecular weight excluding hydrogens is 192 g/mol. The van der Waals surface area contributed by atoms with E-state index in [-0.39, 0.29) is 0 Å². The van der Waals surface area contributed by atoms with E-state index in [9.17, 15) is 0 Å². The molecule has 1 unspecified atom stereocenters. The number of hydrogen-bond donors (Lipinski definition) is 0. The molecule has 0 saturated heterocycles. The average molecular weight is 209 g/mol. The molecule has 0 heterocycles. The van der Waals surface area contributed by atoms with Crippen LogP contribution in [0.2, 0.25) is 5.02 Å². The number of aryl methyl sites for hydroxylation is 1. The van der Waals surface area contributed by atoms with Crippen molar-refractivity contribution in [3.63, 3.8) is 0 Å². The molecule has 0 aliphatic heterocycles. The van der Waals surface area contributed by atoms with Crippen LogP contribution in [-0.4, -0.2) is 0 Å². The molecule has 0 aromatic heterocycles. The minimum absolute atomic E-state index is 0.696. The standard InChI is InChI=1S/C13H17Cl/c1-3-10-7-8-11-9(2)5-4-6-12(11)13(10)14/h7-9H,3-6H2,1-2H3. The number of benzene rings is 1. The van der Waals surface area contributed by atoms with Crippen molar-refractivity contribution in [1.82, 2.24) is 0 Å². The predicted octanol–water partition coefficient (Wildman–Crippen LogP) is 4.34. The van der Waals surface area contributed by atoms with Crippen LogP contribution in [0, 0.1) is 0 Å². The van der Waals surface area contributed by atoms with Gasteiger partial charge in [-0.2, -0.15) is 0 Å². The van der Waals surface area contributed by atoms with Crippen LogP contribution in [0.1, 0.15) is 49.3 Å². The van der Waals surface area contributed by atoms with Crippen molar-refractivity contribution in [2.45, 2.75) is 45.4 Å². The normalized spacial score (nSPS) is 20.6. The third-order valence-corrected chi connectivity index (χ3v) is 3.81. The van der Waals surface area contributed by atoms with E-state index in [2.05, 4.69) is 26.0 Å². The Balaban J connectivity index is 2.52. The van der Waals surface area contributed by atoms with Gasteiger partial charge in [0.15, 0.2) is 0 Å². The largest absolute Gasteiger partial charge is 0.0837 e. The minimum atomic E-state index is 0.696. The Kier molecular flexibility index (Phi) is 2.83. The van der Waals surface area contributed by atoms with Crippen molar-refractivity contribution in [2.24, 2.45) is 0 Å². The van der Waals surface area contributed by atoms with Crippen LogP contribution in [0.4, 0.5) is 0 Å². The first-order chi connectivity index (χ1) is 6.74. The zero-order chi connectivity index (χ0) is 10.1. The molecule has 1 atom stereocenters. The van der Waals surface area contributed by atoms with Gasteiger partial charge < -0.3 is 0 Å². The molecule has 76 valence electrons. The van der Waals surface area contributed by atoms with Crippen molar-refractivity contribution in [2.75, 3.05) is 0 Å². The Morgan fingerprint density at radius 3 is 2.93 bits per heavy atom. The number of fused-ring (bicyclic) bond motifs is 1. The molecule has 1 aliphatic rings. The maximum absolute atomic E-state index is 6.39.